The fourth-order valence-electron chi connectivity index (χ4n) is 1.41. The fraction of sp³-hybridized carbons (Fsp3) is 0.0909. The van der Waals surface area contributed by atoms with Crippen molar-refractivity contribution >= 4 is 23.2 Å². The molecule has 0 saturated heterocycles. The van der Waals surface area contributed by atoms with Gasteiger partial charge in [-0.15, -0.1) is 11.6 Å². The first-order valence-electron chi connectivity index (χ1n) is 4.86. The Morgan fingerprint density at radius 2 is 2.29 bits per heavy atom. The van der Waals surface area contributed by atoms with Gasteiger partial charge in [-0.05, 0) is 18.2 Å². The Balaban J connectivity index is 2.45. The lowest BCUT2D eigenvalue weighted by atomic mass is 10.2. The zero-order chi connectivity index (χ0) is 12.3. The maximum Gasteiger partial charge on any atom is 0.239 e. The van der Waals surface area contributed by atoms with Gasteiger partial charge in [0.2, 0.25) is 5.91 Å². The molecule has 0 unspecified atom stereocenters. The largest absolute Gasteiger partial charge is 0.321 e. The Labute approximate surface area is 102 Å². The molecule has 0 atom stereocenters. The van der Waals surface area contributed by atoms with Crippen molar-refractivity contribution in [2.75, 3.05) is 11.2 Å². The molecule has 4 nitrogen and oxygen atoms in total. The minimum absolute atomic E-state index is 0.0712. The Kier molecular flexibility index (Phi) is 3.39. The molecule has 1 aromatic carbocycles. The minimum atomic E-state index is -0.531. The van der Waals surface area contributed by atoms with Crippen LogP contribution in [0.4, 0.5) is 10.1 Å². The molecule has 1 heterocycles. The second kappa shape index (κ2) is 4.97. The van der Waals surface area contributed by atoms with Gasteiger partial charge in [-0.25, -0.2) is 9.07 Å². The third kappa shape index (κ3) is 2.45. The second-order valence-corrected chi connectivity index (χ2v) is 3.53. The summed E-state index contributed by atoms with van der Waals surface area (Å²) in [5.74, 6) is -1.23. The highest BCUT2D eigenvalue weighted by molar-refractivity contribution is 6.29. The molecule has 0 radical (unpaired) electrons. The number of aromatic nitrogens is 2. The predicted molar refractivity (Wildman–Crippen MR) is 62.9 cm³/mol. The van der Waals surface area contributed by atoms with Crippen LogP contribution in [-0.4, -0.2) is 21.6 Å². The van der Waals surface area contributed by atoms with E-state index >= 15 is 0 Å². The third-order valence-electron chi connectivity index (χ3n) is 2.13. The molecule has 2 rings (SSSR count). The van der Waals surface area contributed by atoms with Gasteiger partial charge in [0.05, 0.1) is 5.69 Å². The van der Waals surface area contributed by atoms with E-state index in [2.05, 4.69) is 10.4 Å². The standard InChI is InChI=1S/C11H9ClFN3O/c12-7-10(17)15-11-8(13)3-1-4-9(11)16-6-2-5-14-16/h1-6H,7H2,(H,15,17). The van der Waals surface area contributed by atoms with Crippen molar-refractivity contribution in [3.63, 3.8) is 0 Å². The van der Waals surface area contributed by atoms with Crippen molar-refractivity contribution < 1.29 is 9.18 Å². The number of benzene rings is 1. The number of para-hydroxylation sites is 1. The molecule has 0 saturated carbocycles. The number of nitrogens with zero attached hydrogens (tertiary/aromatic N) is 2. The Morgan fingerprint density at radius 1 is 1.47 bits per heavy atom. The quantitative estimate of drug-likeness (QED) is 0.853. The van der Waals surface area contributed by atoms with Crippen LogP contribution in [0.3, 0.4) is 0 Å². The van der Waals surface area contributed by atoms with Crippen molar-refractivity contribution in [1.82, 2.24) is 9.78 Å². The normalized spacial score (nSPS) is 10.2. The number of carbonyl (C=O) groups is 1. The highest BCUT2D eigenvalue weighted by Crippen LogP contribution is 2.23. The molecule has 0 fully saturated rings. The molecule has 1 N–H and O–H groups in total. The van der Waals surface area contributed by atoms with Crippen LogP contribution >= 0.6 is 11.6 Å². The van der Waals surface area contributed by atoms with E-state index in [0.29, 0.717) is 5.69 Å². The maximum absolute atomic E-state index is 13.6. The van der Waals surface area contributed by atoms with E-state index < -0.39 is 11.7 Å². The summed E-state index contributed by atoms with van der Waals surface area (Å²) in [6.07, 6.45) is 3.23. The van der Waals surface area contributed by atoms with Crippen LogP contribution in [0.15, 0.2) is 36.7 Å². The first kappa shape index (κ1) is 11.6. The number of halogens is 2. The van der Waals surface area contributed by atoms with Crippen LogP contribution in [0.5, 0.6) is 0 Å². The molecule has 88 valence electrons. The van der Waals surface area contributed by atoms with Crippen molar-refractivity contribution in [3.8, 4) is 5.69 Å². The van der Waals surface area contributed by atoms with Crippen molar-refractivity contribution in [3.05, 3.63) is 42.5 Å². The lowest BCUT2D eigenvalue weighted by Gasteiger charge is -2.11. The van der Waals surface area contributed by atoms with Gasteiger partial charge in [-0.1, -0.05) is 6.07 Å². The molecule has 0 aliphatic rings. The van der Waals surface area contributed by atoms with Crippen LogP contribution < -0.4 is 5.32 Å². The number of nitrogens with one attached hydrogen (secondary N) is 1. The molecule has 1 amide bonds. The van der Waals surface area contributed by atoms with Crippen LogP contribution in [0, 0.1) is 5.82 Å². The summed E-state index contributed by atoms with van der Waals surface area (Å²) in [7, 11) is 0. The van der Waals surface area contributed by atoms with E-state index in [1.165, 1.54) is 10.7 Å². The third-order valence-corrected chi connectivity index (χ3v) is 2.37. The summed E-state index contributed by atoms with van der Waals surface area (Å²) in [6, 6.07) is 6.16. The van der Waals surface area contributed by atoms with Gasteiger partial charge in [-0.3, -0.25) is 4.79 Å². The van der Waals surface area contributed by atoms with E-state index in [9.17, 15) is 9.18 Å². The molecule has 17 heavy (non-hydrogen) atoms. The van der Waals surface area contributed by atoms with Gasteiger partial charge in [0.25, 0.3) is 0 Å². The van der Waals surface area contributed by atoms with Gasteiger partial charge in [0, 0.05) is 12.4 Å². The van der Waals surface area contributed by atoms with Gasteiger partial charge >= 0.3 is 0 Å². The van der Waals surface area contributed by atoms with Crippen molar-refractivity contribution in [2.24, 2.45) is 0 Å². The molecular weight excluding hydrogens is 245 g/mol. The van der Waals surface area contributed by atoms with Crippen LogP contribution in [0.2, 0.25) is 0 Å². The van der Waals surface area contributed by atoms with Gasteiger partial charge < -0.3 is 5.32 Å². The predicted octanol–water partition coefficient (Wildman–Crippen LogP) is 2.19. The highest BCUT2D eigenvalue weighted by atomic mass is 35.5. The summed E-state index contributed by atoms with van der Waals surface area (Å²) in [6.45, 7) is 0. The van der Waals surface area contributed by atoms with Crippen LogP contribution in [0.1, 0.15) is 0 Å². The maximum atomic E-state index is 13.6. The Morgan fingerprint density at radius 3 is 2.94 bits per heavy atom. The van der Waals surface area contributed by atoms with E-state index in [1.807, 2.05) is 0 Å². The minimum Gasteiger partial charge on any atom is -0.321 e. The molecule has 0 spiro atoms. The van der Waals surface area contributed by atoms with Gasteiger partial charge in [-0.2, -0.15) is 5.10 Å². The van der Waals surface area contributed by atoms with E-state index in [-0.39, 0.29) is 11.6 Å². The summed E-state index contributed by atoms with van der Waals surface area (Å²) in [4.78, 5) is 11.2. The molecule has 2 aromatic rings. The van der Waals surface area contributed by atoms with Gasteiger partial charge in [0.1, 0.15) is 17.4 Å². The zero-order valence-corrected chi connectivity index (χ0v) is 9.49. The average molecular weight is 254 g/mol. The number of anilines is 1. The number of hydrogen-bond donors (Lipinski definition) is 1. The number of carbonyl (C=O) groups excluding carboxylic acids is 1. The summed E-state index contributed by atoms with van der Waals surface area (Å²) < 4.78 is 15.1. The van der Waals surface area contributed by atoms with Crippen molar-refractivity contribution in [2.45, 2.75) is 0 Å². The molecule has 0 bridgehead atoms. The van der Waals surface area contributed by atoms with E-state index in [1.54, 1.807) is 30.6 Å². The Hall–Kier alpha value is -1.88. The monoisotopic (exact) mass is 253 g/mol. The number of rotatable bonds is 3. The topological polar surface area (TPSA) is 46.9 Å². The highest BCUT2D eigenvalue weighted by Gasteiger charge is 2.12. The van der Waals surface area contributed by atoms with Gasteiger partial charge in [0.15, 0.2) is 0 Å². The SMILES string of the molecule is O=C(CCl)Nc1c(F)cccc1-n1cccn1. The first-order valence-corrected chi connectivity index (χ1v) is 5.40. The second-order valence-electron chi connectivity index (χ2n) is 3.27. The zero-order valence-electron chi connectivity index (χ0n) is 8.73. The Bertz CT molecular complexity index is 528. The number of alkyl halides is 1. The smallest absolute Gasteiger partial charge is 0.239 e. The summed E-state index contributed by atoms with van der Waals surface area (Å²) >= 11 is 5.37. The van der Waals surface area contributed by atoms with E-state index in [4.69, 9.17) is 11.6 Å². The fourth-order valence-corrected chi connectivity index (χ4v) is 1.48. The van der Waals surface area contributed by atoms with E-state index in [0.717, 1.165) is 0 Å². The average Bonchev–Trinajstić information content (AvgIpc) is 2.85. The van der Waals surface area contributed by atoms with Crippen LogP contribution in [0.25, 0.3) is 5.69 Å². The number of hydrogen-bond acceptors (Lipinski definition) is 2. The molecule has 1 aromatic heterocycles. The summed E-state index contributed by atoms with van der Waals surface area (Å²) in [5, 5.41) is 6.40. The summed E-state index contributed by atoms with van der Waals surface area (Å²) in [5.41, 5.74) is 0.523. The molecule has 0 aliphatic carbocycles. The van der Waals surface area contributed by atoms with Crippen LogP contribution in [-0.2, 0) is 4.79 Å². The first-order chi connectivity index (χ1) is 8.22. The molecule has 0 aliphatic heterocycles. The molecule has 6 heteroatoms. The van der Waals surface area contributed by atoms with Crippen molar-refractivity contribution in [1.29, 1.82) is 0 Å². The number of amides is 1. The molecular formula is C11H9ClFN3O. The lowest BCUT2D eigenvalue weighted by Crippen LogP contribution is -2.16. The lowest BCUT2D eigenvalue weighted by molar-refractivity contribution is -0.113.